The van der Waals surface area contributed by atoms with Gasteiger partial charge in [-0.2, -0.15) is 0 Å². The Morgan fingerprint density at radius 2 is 1.69 bits per heavy atom. The van der Waals surface area contributed by atoms with Gasteiger partial charge in [-0.15, -0.1) is 0 Å². The second kappa shape index (κ2) is 9.10. The fraction of sp³-hybridized carbons (Fsp3) is 0.263. The molecule has 26 heavy (non-hydrogen) atoms. The standard InChI is InChI=1S/C19H21ClN2O4/c1-12-7-6-8-13(2)18(12)25-11-17(23)21-22-19(24)14(3)26-16-10-5-4-9-15(16)20/h4-10,14H,11H2,1-3H3,(H,21,23)(H,22,24). The van der Waals surface area contributed by atoms with Crippen LogP contribution in [0.25, 0.3) is 0 Å². The average molecular weight is 377 g/mol. The van der Waals surface area contributed by atoms with Gasteiger partial charge in [0.2, 0.25) is 0 Å². The molecule has 0 fully saturated rings. The van der Waals surface area contributed by atoms with Gasteiger partial charge in [-0.05, 0) is 44.0 Å². The Balaban J connectivity index is 1.79. The monoisotopic (exact) mass is 376 g/mol. The van der Waals surface area contributed by atoms with Crippen molar-refractivity contribution >= 4 is 23.4 Å². The number of hydrogen-bond donors (Lipinski definition) is 2. The third-order valence-corrected chi connectivity index (χ3v) is 3.90. The van der Waals surface area contributed by atoms with Crippen molar-refractivity contribution in [2.75, 3.05) is 6.61 Å². The van der Waals surface area contributed by atoms with Crippen LogP contribution in [0, 0.1) is 13.8 Å². The number of nitrogens with one attached hydrogen (secondary N) is 2. The fourth-order valence-corrected chi connectivity index (χ4v) is 2.40. The van der Waals surface area contributed by atoms with Gasteiger partial charge in [0.25, 0.3) is 11.8 Å². The van der Waals surface area contributed by atoms with E-state index in [4.69, 9.17) is 21.1 Å². The van der Waals surface area contributed by atoms with Crippen molar-refractivity contribution in [3.63, 3.8) is 0 Å². The third kappa shape index (κ3) is 5.39. The largest absolute Gasteiger partial charge is 0.483 e. The summed E-state index contributed by atoms with van der Waals surface area (Å²) in [5.74, 6) is 0.0576. The summed E-state index contributed by atoms with van der Waals surface area (Å²) in [7, 11) is 0. The SMILES string of the molecule is Cc1cccc(C)c1OCC(=O)NNC(=O)C(C)Oc1ccccc1Cl. The Labute approximate surface area is 157 Å². The third-order valence-electron chi connectivity index (χ3n) is 3.59. The van der Waals surface area contributed by atoms with Gasteiger partial charge < -0.3 is 9.47 Å². The van der Waals surface area contributed by atoms with Crippen molar-refractivity contribution in [1.29, 1.82) is 0 Å². The second-order valence-electron chi connectivity index (χ2n) is 5.74. The molecule has 1 atom stereocenters. The van der Waals surface area contributed by atoms with E-state index in [1.165, 1.54) is 0 Å². The minimum Gasteiger partial charge on any atom is -0.483 e. The maximum absolute atomic E-state index is 12.0. The molecule has 0 bridgehead atoms. The number of amides is 2. The van der Waals surface area contributed by atoms with Crippen LogP contribution >= 0.6 is 11.6 Å². The van der Waals surface area contributed by atoms with E-state index in [0.717, 1.165) is 11.1 Å². The lowest BCUT2D eigenvalue weighted by Crippen LogP contribution is -2.48. The Morgan fingerprint density at radius 1 is 1.04 bits per heavy atom. The van der Waals surface area contributed by atoms with Gasteiger partial charge in [0.1, 0.15) is 11.5 Å². The average Bonchev–Trinajstić information content (AvgIpc) is 2.61. The van der Waals surface area contributed by atoms with Crippen LogP contribution in [0.4, 0.5) is 0 Å². The zero-order valence-corrected chi connectivity index (χ0v) is 15.6. The van der Waals surface area contributed by atoms with Gasteiger partial charge in [0.05, 0.1) is 5.02 Å². The van der Waals surface area contributed by atoms with Gasteiger partial charge in [-0.25, -0.2) is 0 Å². The van der Waals surface area contributed by atoms with Crippen LogP contribution in [0.15, 0.2) is 42.5 Å². The summed E-state index contributed by atoms with van der Waals surface area (Å²) in [6.45, 7) is 5.13. The zero-order chi connectivity index (χ0) is 19.1. The van der Waals surface area contributed by atoms with E-state index in [1.807, 2.05) is 32.0 Å². The Kier molecular flexibility index (Phi) is 6.86. The summed E-state index contributed by atoms with van der Waals surface area (Å²) in [6.07, 6.45) is -0.838. The molecule has 138 valence electrons. The summed E-state index contributed by atoms with van der Waals surface area (Å²) < 4.78 is 11.0. The van der Waals surface area contributed by atoms with Crippen LogP contribution in [0.3, 0.4) is 0 Å². The molecule has 0 spiro atoms. The maximum Gasteiger partial charge on any atom is 0.279 e. The highest BCUT2D eigenvalue weighted by molar-refractivity contribution is 6.32. The molecule has 0 saturated heterocycles. The number of hydrogen-bond acceptors (Lipinski definition) is 4. The lowest BCUT2D eigenvalue weighted by Gasteiger charge is -2.16. The van der Waals surface area contributed by atoms with Gasteiger partial charge in [-0.3, -0.25) is 20.4 Å². The predicted octanol–water partition coefficient (Wildman–Crippen LogP) is 2.95. The molecule has 2 N–H and O–H groups in total. The van der Waals surface area contributed by atoms with Crippen molar-refractivity contribution in [2.45, 2.75) is 26.9 Å². The first-order chi connectivity index (χ1) is 12.4. The van der Waals surface area contributed by atoms with Crippen LogP contribution in [-0.4, -0.2) is 24.5 Å². The minimum absolute atomic E-state index is 0.217. The molecule has 0 aliphatic rings. The lowest BCUT2D eigenvalue weighted by molar-refractivity contribution is -0.133. The van der Waals surface area contributed by atoms with E-state index in [1.54, 1.807) is 31.2 Å². The van der Waals surface area contributed by atoms with Gasteiger partial charge in [-0.1, -0.05) is 41.9 Å². The molecule has 0 radical (unpaired) electrons. The number of benzene rings is 2. The highest BCUT2D eigenvalue weighted by Gasteiger charge is 2.17. The van der Waals surface area contributed by atoms with E-state index in [2.05, 4.69) is 10.9 Å². The molecule has 2 aromatic carbocycles. The highest BCUT2D eigenvalue weighted by Crippen LogP contribution is 2.24. The Bertz CT molecular complexity index is 775. The number of rotatable bonds is 6. The summed E-state index contributed by atoms with van der Waals surface area (Å²) in [6, 6.07) is 12.5. The number of carbonyl (C=O) groups is 2. The summed E-state index contributed by atoms with van der Waals surface area (Å²) in [5, 5.41) is 0.401. The molecule has 1 unspecified atom stereocenters. The molecule has 2 rings (SSSR count). The van der Waals surface area contributed by atoms with E-state index >= 15 is 0 Å². The summed E-state index contributed by atoms with van der Waals surface area (Å²) in [5.41, 5.74) is 6.47. The normalized spacial score (nSPS) is 11.4. The maximum atomic E-state index is 12.0. The van der Waals surface area contributed by atoms with Crippen LogP contribution in [-0.2, 0) is 9.59 Å². The topological polar surface area (TPSA) is 76.7 Å². The quantitative estimate of drug-likeness (QED) is 0.760. The molecule has 0 aromatic heterocycles. The van der Waals surface area contributed by atoms with E-state index in [-0.39, 0.29) is 6.61 Å². The van der Waals surface area contributed by atoms with Crippen molar-refractivity contribution in [3.05, 3.63) is 58.6 Å². The fourth-order valence-electron chi connectivity index (χ4n) is 2.22. The van der Waals surface area contributed by atoms with E-state index in [0.29, 0.717) is 16.5 Å². The second-order valence-corrected chi connectivity index (χ2v) is 6.14. The molecule has 0 aliphatic carbocycles. The van der Waals surface area contributed by atoms with Crippen molar-refractivity contribution in [1.82, 2.24) is 10.9 Å². The number of carbonyl (C=O) groups excluding carboxylic acids is 2. The van der Waals surface area contributed by atoms with Crippen molar-refractivity contribution in [3.8, 4) is 11.5 Å². The molecule has 0 heterocycles. The first-order valence-corrected chi connectivity index (χ1v) is 8.45. The molecule has 0 saturated carbocycles. The van der Waals surface area contributed by atoms with Crippen LogP contribution < -0.4 is 20.3 Å². The molecule has 7 heteroatoms. The first kappa shape index (κ1) is 19.6. The van der Waals surface area contributed by atoms with Gasteiger partial charge >= 0.3 is 0 Å². The first-order valence-electron chi connectivity index (χ1n) is 8.07. The van der Waals surface area contributed by atoms with Crippen LogP contribution in [0.5, 0.6) is 11.5 Å². The van der Waals surface area contributed by atoms with Crippen molar-refractivity contribution < 1.29 is 19.1 Å². The molecule has 2 amide bonds. The molecule has 6 nitrogen and oxygen atoms in total. The summed E-state index contributed by atoms with van der Waals surface area (Å²) >= 11 is 5.98. The Hall–Kier alpha value is -2.73. The molecule has 2 aromatic rings. The molecule has 0 aliphatic heterocycles. The Morgan fingerprint density at radius 3 is 2.35 bits per heavy atom. The number of hydrazine groups is 1. The molecular formula is C19H21ClN2O4. The summed E-state index contributed by atoms with van der Waals surface area (Å²) in [4.78, 5) is 23.9. The lowest BCUT2D eigenvalue weighted by atomic mass is 10.1. The smallest absolute Gasteiger partial charge is 0.279 e. The van der Waals surface area contributed by atoms with E-state index < -0.39 is 17.9 Å². The van der Waals surface area contributed by atoms with Gasteiger partial charge in [0.15, 0.2) is 12.7 Å². The number of ether oxygens (including phenoxy) is 2. The number of para-hydroxylation sites is 2. The minimum atomic E-state index is -0.838. The van der Waals surface area contributed by atoms with Crippen molar-refractivity contribution in [2.24, 2.45) is 0 Å². The van der Waals surface area contributed by atoms with E-state index in [9.17, 15) is 9.59 Å². The number of aryl methyl sites for hydroxylation is 2. The van der Waals surface area contributed by atoms with Crippen LogP contribution in [0.1, 0.15) is 18.1 Å². The van der Waals surface area contributed by atoms with Crippen LogP contribution in [0.2, 0.25) is 5.02 Å². The van der Waals surface area contributed by atoms with Gasteiger partial charge in [0, 0.05) is 0 Å². The molecular weight excluding hydrogens is 356 g/mol. The zero-order valence-electron chi connectivity index (χ0n) is 14.8. The predicted molar refractivity (Wildman–Crippen MR) is 99.2 cm³/mol. The number of halogens is 1. The highest BCUT2D eigenvalue weighted by atomic mass is 35.5.